The molecule has 3 rings (SSSR count). The van der Waals surface area contributed by atoms with Crippen molar-refractivity contribution in [3.63, 3.8) is 0 Å². The number of unbranched alkanes of at least 4 members (excludes halogenated alkanes) is 2. The summed E-state index contributed by atoms with van der Waals surface area (Å²) in [4.78, 5) is 54.1. The van der Waals surface area contributed by atoms with Crippen LogP contribution < -0.4 is 9.64 Å². The zero-order valence-electron chi connectivity index (χ0n) is 22.5. The Morgan fingerprint density at radius 3 is 2.17 bits per heavy atom. The van der Waals surface area contributed by atoms with Gasteiger partial charge < -0.3 is 19.1 Å². The average Bonchev–Trinajstić information content (AvgIpc) is 3.31. The molecule has 0 bridgehead atoms. The van der Waals surface area contributed by atoms with Crippen molar-refractivity contribution in [2.75, 3.05) is 37.7 Å². The van der Waals surface area contributed by atoms with Crippen LogP contribution in [-0.4, -0.2) is 71.5 Å². The summed E-state index contributed by atoms with van der Waals surface area (Å²) in [6, 6.07) is 7.48. The molecule has 0 radical (unpaired) electrons. The number of anilines is 1. The van der Waals surface area contributed by atoms with Gasteiger partial charge in [0, 0.05) is 25.2 Å². The molecule has 10 nitrogen and oxygen atoms in total. The van der Waals surface area contributed by atoms with Gasteiger partial charge >= 0.3 is 11.9 Å². The number of para-hydroxylation sites is 2. The highest BCUT2D eigenvalue weighted by atomic mass is 32.1. The zero-order chi connectivity index (χ0) is 29.1. The molecule has 212 valence electrons. The van der Waals surface area contributed by atoms with E-state index in [2.05, 4.69) is 13.2 Å². The van der Waals surface area contributed by atoms with Gasteiger partial charge in [0.2, 0.25) is 5.88 Å². The highest BCUT2D eigenvalue weighted by Crippen LogP contribution is 2.38. The van der Waals surface area contributed by atoms with Crippen LogP contribution in [-0.2, 0) is 28.7 Å². The minimum atomic E-state index is -0.619. The van der Waals surface area contributed by atoms with Crippen molar-refractivity contribution >= 4 is 46.8 Å². The third kappa shape index (κ3) is 7.44. The van der Waals surface area contributed by atoms with Gasteiger partial charge in [-0.3, -0.25) is 19.4 Å². The first-order valence-corrected chi connectivity index (χ1v) is 13.5. The second kappa shape index (κ2) is 14.8. The van der Waals surface area contributed by atoms with Gasteiger partial charge in [-0.05, 0) is 55.8 Å². The van der Waals surface area contributed by atoms with E-state index in [1.54, 1.807) is 6.08 Å². The van der Waals surface area contributed by atoms with Crippen molar-refractivity contribution < 1.29 is 33.4 Å². The smallest absolute Gasteiger partial charge is 0.330 e. The Morgan fingerprint density at radius 1 is 0.875 bits per heavy atom. The molecule has 2 amide bonds. The molecule has 0 aliphatic carbocycles. The molecule has 2 aliphatic rings. The number of nitrogens with zero attached hydrogens (tertiary/aromatic N) is 3. The van der Waals surface area contributed by atoms with Crippen molar-refractivity contribution in [2.24, 2.45) is 0 Å². The summed E-state index contributed by atoms with van der Waals surface area (Å²) < 4.78 is 16.1. The second-order valence-electron chi connectivity index (χ2n) is 8.81. The maximum atomic E-state index is 13.4. The Bertz CT molecular complexity index is 1240. The van der Waals surface area contributed by atoms with Gasteiger partial charge in [-0.1, -0.05) is 38.6 Å². The molecule has 0 aromatic heterocycles. The number of fused-ring (bicyclic) bond motifs is 1. The van der Waals surface area contributed by atoms with E-state index >= 15 is 0 Å². The number of ether oxygens (including phenoxy) is 3. The zero-order valence-corrected chi connectivity index (χ0v) is 23.3. The Labute approximate surface area is 239 Å². The van der Waals surface area contributed by atoms with Gasteiger partial charge in [0.05, 0.1) is 18.8 Å². The van der Waals surface area contributed by atoms with Crippen molar-refractivity contribution in [2.45, 2.75) is 32.6 Å². The number of amides is 2. The van der Waals surface area contributed by atoms with Gasteiger partial charge in [0.1, 0.15) is 12.2 Å². The first-order chi connectivity index (χ1) is 19.3. The maximum absolute atomic E-state index is 13.4. The van der Waals surface area contributed by atoms with Crippen LogP contribution in [0, 0.1) is 0 Å². The van der Waals surface area contributed by atoms with Crippen LogP contribution in [0.1, 0.15) is 32.6 Å². The highest BCUT2D eigenvalue weighted by molar-refractivity contribution is 7.80. The molecule has 2 heterocycles. The molecule has 40 heavy (non-hydrogen) atoms. The van der Waals surface area contributed by atoms with E-state index in [0.717, 1.165) is 24.3 Å². The van der Waals surface area contributed by atoms with E-state index in [-0.39, 0.29) is 30.4 Å². The number of esters is 2. The van der Waals surface area contributed by atoms with E-state index in [1.165, 1.54) is 15.9 Å². The molecule has 2 aliphatic heterocycles. The van der Waals surface area contributed by atoms with Crippen molar-refractivity contribution in [3.8, 4) is 5.75 Å². The van der Waals surface area contributed by atoms with E-state index in [4.69, 9.17) is 26.4 Å². The summed E-state index contributed by atoms with van der Waals surface area (Å²) in [5, 5.41) is 0.0752. The SMILES string of the molecule is C=CC(=O)OCCCCN1/C(=C\C=C2/C(=O)N(CCCC)C(=S)N(CCOC(=O)C=C)C2=O)Oc2ccccc21. The quantitative estimate of drug-likeness (QED) is 0.110. The number of thiocarbonyl (C=S) groups is 1. The van der Waals surface area contributed by atoms with E-state index in [9.17, 15) is 19.2 Å². The fourth-order valence-electron chi connectivity index (χ4n) is 4.02. The summed E-state index contributed by atoms with van der Waals surface area (Å²) in [6.45, 7) is 9.78. The van der Waals surface area contributed by atoms with Crippen LogP contribution >= 0.6 is 12.2 Å². The van der Waals surface area contributed by atoms with Gasteiger partial charge in [-0.15, -0.1) is 0 Å². The molecule has 0 N–H and O–H groups in total. The number of allylic oxidation sites excluding steroid dienone is 2. The van der Waals surface area contributed by atoms with Crippen LogP contribution in [0.15, 0.2) is 73.2 Å². The first-order valence-electron chi connectivity index (χ1n) is 13.0. The summed E-state index contributed by atoms with van der Waals surface area (Å²) >= 11 is 5.46. The number of carbonyl (C=O) groups excluding carboxylic acids is 4. The molecular weight excluding hydrogens is 534 g/mol. The van der Waals surface area contributed by atoms with E-state index < -0.39 is 23.8 Å². The highest BCUT2D eigenvalue weighted by Gasteiger charge is 2.39. The molecule has 0 spiro atoms. The monoisotopic (exact) mass is 567 g/mol. The lowest BCUT2D eigenvalue weighted by Gasteiger charge is -2.36. The molecule has 0 atom stereocenters. The lowest BCUT2D eigenvalue weighted by atomic mass is 10.1. The molecule has 11 heteroatoms. The minimum absolute atomic E-state index is 0.00838. The predicted octanol–water partition coefficient (Wildman–Crippen LogP) is 3.65. The standard InChI is InChI=1S/C29H33N3O7S/c1-4-7-16-31-27(35)21(28(36)32(29(31)40)18-20-38-26(34)6-3)14-15-24-30(17-10-11-19-37-25(33)5-2)22-12-8-9-13-23(22)39-24/h5-6,8-9,12-15H,2-4,7,10-11,16-20H2,1H3/b21-14+,24-15+. The van der Waals surface area contributed by atoms with Crippen molar-refractivity contribution in [1.82, 2.24) is 9.80 Å². The third-order valence-corrected chi connectivity index (χ3v) is 6.53. The van der Waals surface area contributed by atoms with Crippen LogP contribution in [0.2, 0.25) is 0 Å². The lowest BCUT2D eigenvalue weighted by Crippen LogP contribution is -2.57. The van der Waals surface area contributed by atoms with Gasteiger partial charge in [0.25, 0.3) is 11.8 Å². The first kappa shape index (κ1) is 30.3. The van der Waals surface area contributed by atoms with Crippen molar-refractivity contribution in [1.29, 1.82) is 0 Å². The largest absolute Gasteiger partial charge is 0.463 e. The number of rotatable bonds is 14. The van der Waals surface area contributed by atoms with Crippen LogP contribution in [0.25, 0.3) is 0 Å². The van der Waals surface area contributed by atoms with Crippen LogP contribution in [0.4, 0.5) is 5.69 Å². The van der Waals surface area contributed by atoms with Gasteiger partial charge in [-0.2, -0.15) is 0 Å². The summed E-state index contributed by atoms with van der Waals surface area (Å²) in [5.41, 5.74) is 0.760. The Morgan fingerprint density at radius 2 is 1.50 bits per heavy atom. The minimum Gasteiger partial charge on any atom is -0.463 e. The van der Waals surface area contributed by atoms with E-state index in [1.807, 2.05) is 36.1 Å². The van der Waals surface area contributed by atoms with Gasteiger partial charge in [0.15, 0.2) is 10.9 Å². The number of hydrogen-bond donors (Lipinski definition) is 0. The number of benzene rings is 1. The van der Waals surface area contributed by atoms with E-state index in [0.29, 0.717) is 44.0 Å². The fraction of sp³-hybridized carbons (Fsp3) is 0.345. The average molecular weight is 568 g/mol. The molecular formula is C29H33N3O7S. The molecule has 1 fully saturated rings. The number of hydrogen-bond acceptors (Lipinski definition) is 9. The maximum Gasteiger partial charge on any atom is 0.330 e. The summed E-state index contributed by atoms with van der Waals surface area (Å²) in [6.07, 6.45) is 8.01. The van der Waals surface area contributed by atoms with Crippen LogP contribution in [0.3, 0.4) is 0 Å². The Balaban J connectivity index is 1.83. The summed E-state index contributed by atoms with van der Waals surface area (Å²) in [5.74, 6) is -1.08. The van der Waals surface area contributed by atoms with Crippen LogP contribution in [0.5, 0.6) is 5.75 Å². The topological polar surface area (TPSA) is 106 Å². The molecule has 0 unspecified atom stereocenters. The normalized spacial score (nSPS) is 16.7. The third-order valence-electron chi connectivity index (χ3n) is 6.09. The molecule has 0 saturated carbocycles. The Kier molecular flexibility index (Phi) is 11.2. The summed E-state index contributed by atoms with van der Waals surface area (Å²) in [7, 11) is 0. The fourth-order valence-corrected chi connectivity index (χ4v) is 4.37. The predicted molar refractivity (Wildman–Crippen MR) is 153 cm³/mol. The molecule has 1 aromatic carbocycles. The lowest BCUT2D eigenvalue weighted by molar-refractivity contribution is -0.140. The number of carbonyl (C=O) groups is 4. The Hall–Kier alpha value is -4.25. The molecule has 1 saturated heterocycles. The van der Waals surface area contributed by atoms with Crippen molar-refractivity contribution in [3.05, 3.63) is 73.2 Å². The second-order valence-corrected chi connectivity index (χ2v) is 9.17. The molecule has 1 aromatic rings. The van der Waals surface area contributed by atoms with Gasteiger partial charge in [-0.25, -0.2) is 9.59 Å².